The van der Waals surface area contributed by atoms with Gasteiger partial charge in [-0.2, -0.15) is 18.3 Å². The van der Waals surface area contributed by atoms with Crippen molar-refractivity contribution < 1.29 is 13.2 Å². The van der Waals surface area contributed by atoms with E-state index in [1.807, 2.05) is 0 Å². The highest BCUT2D eigenvalue weighted by Gasteiger charge is 2.63. The van der Waals surface area contributed by atoms with E-state index in [9.17, 15) is 18.0 Å². The molecule has 0 spiro atoms. The van der Waals surface area contributed by atoms with Crippen LogP contribution in [-0.2, 0) is 6.54 Å². The Balaban J connectivity index is 2.39. The molecule has 1 aromatic rings. The molecule has 1 aromatic heterocycles. The van der Waals surface area contributed by atoms with Gasteiger partial charge in [-0.25, -0.2) is 4.68 Å². The molecule has 102 valence electrons. The van der Waals surface area contributed by atoms with Crippen molar-refractivity contribution in [1.29, 1.82) is 0 Å². The fourth-order valence-corrected chi connectivity index (χ4v) is 1.80. The van der Waals surface area contributed by atoms with E-state index in [2.05, 4.69) is 16.3 Å². The van der Waals surface area contributed by atoms with Crippen molar-refractivity contribution in [1.82, 2.24) is 9.78 Å². The van der Waals surface area contributed by atoms with Crippen molar-refractivity contribution >= 4 is 17.3 Å². The first-order chi connectivity index (χ1) is 8.81. The summed E-state index contributed by atoms with van der Waals surface area (Å²) >= 11 is 5.73. The van der Waals surface area contributed by atoms with Gasteiger partial charge < -0.3 is 5.32 Å². The summed E-state index contributed by atoms with van der Waals surface area (Å²) in [5, 5.41) is 5.70. The lowest BCUT2D eigenvalue weighted by Crippen LogP contribution is -2.41. The van der Waals surface area contributed by atoms with Gasteiger partial charge in [0.2, 0.25) is 0 Å². The minimum atomic E-state index is -4.44. The van der Waals surface area contributed by atoms with Gasteiger partial charge >= 0.3 is 6.18 Å². The van der Waals surface area contributed by atoms with Crippen LogP contribution in [0.15, 0.2) is 11.0 Å². The van der Waals surface area contributed by atoms with E-state index >= 15 is 0 Å². The molecule has 1 saturated carbocycles. The molecule has 0 radical (unpaired) electrons. The number of aromatic nitrogens is 2. The monoisotopic (exact) mass is 291 g/mol. The molecular weight excluding hydrogens is 283 g/mol. The van der Waals surface area contributed by atoms with E-state index in [1.165, 1.54) is 0 Å². The van der Waals surface area contributed by atoms with E-state index in [-0.39, 0.29) is 30.1 Å². The van der Waals surface area contributed by atoms with Crippen molar-refractivity contribution in [3.63, 3.8) is 0 Å². The van der Waals surface area contributed by atoms with Crippen LogP contribution in [0.4, 0.5) is 18.9 Å². The summed E-state index contributed by atoms with van der Waals surface area (Å²) in [5.41, 5.74) is -3.15. The van der Waals surface area contributed by atoms with E-state index < -0.39 is 17.3 Å². The zero-order valence-electron chi connectivity index (χ0n) is 9.59. The third kappa shape index (κ3) is 2.40. The third-order valence-corrected chi connectivity index (χ3v) is 3.18. The number of hydrogen-bond acceptors (Lipinski definition) is 3. The maximum Gasteiger partial charge on any atom is 0.411 e. The summed E-state index contributed by atoms with van der Waals surface area (Å²) < 4.78 is 39.4. The molecule has 1 fully saturated rings. The second kappa shape index (κ2) is 4.46. The molecule has 0 saturated heterocycles. The van der Waals surface area contributed by atoms with Crippen LogP contribution in [0, 0.1) is 12.3 Å². The molecule has 2 rings (SSSR count). The number of rotatable bonds is 3. The van der Waals surface area contributed by atoms with Crippen LogP contribution in [0.2, 0.25) is 5.02 Å². The molecule has 1 aliphatic rings. The molecule has 0 bridgehead atoms. The van der Waals surface area contributed by atoms with Crippen LogP contribution < -0.4 is 10.9 Å². The maximum absolute atomic E-state index is 12.8. The number of hydrogen-bond donors (Lipinski definition) is 1. The van der Waals surface area contributed by atoms with Crippen molar-refractivity contribution in [2.45, 2.75) is 31.1 Å². The lowest BCUT2D eigenvalue weighted by atomic mass is 10.2. The molecule has 1 heterocycles. The number of halogens is 4. The Bertz CT molecular complexity index is 599. The Labute approximate surface area is 111 Å². The van der Waals surface area contributed by atoms with Crippen LogP contribution >= 0.6 is 11.6 Å². The molecule has 4 nitrogen and oxygen atoms in total. The first-order valence-corrected chi connectivity index (χ1v) is 5.72. The zero-order chi connectivity index (χ0) is 14.3. The first kappa shape index (κ1) is 13.7. The van der Waals surface area contributed by atoms with Crippen molar-refractivity contribution in [3.05, 3.63) is 21.6 Å². The Morgan fingerprint density at radius 1 is 1.58 bits per heavy atom. The summed E-state index contributed by atoms with van der Waals surface area (Å²) in [6.07, 6.45) is 1.51. The largest absolute Gasteiger partial charge is 0.411 e. The summed E-state index contributed by atoms with van der Waals surface area (Å²) in [6, 6.07) is 0. The Hall–Kier alpha value is -1.68. The molecule has 0 aliphatic heterocycles. The van der Waals surface area contributed by atoms with Crippen molar-refractivity contribution in [2.24, 2.45) is 0 Å². The number of nitrogens with one attached hydrogen (secondary N) is 1. The van der Waals surface area contributed by atoms with Gasteiger partial charge in [0.05, 0.1) is 11.2 Å². The van der Waals surface area contributed by atoms with Crippen LogP contribution in [0.5, 0.6) is 0 Å². The van der Waals surface area contributed by atoms with Gasteiger partial charge in [0, 0.05) is 0 Å². The normalized spacial score (nSPS) is 16.8. The fraction of sp³-hybridized carbons (Fsp3) is 0.455. The standard InChI is InChI=1S/C11H9ClF3N3O/c1-2-5-18-9(19)8(7(12)6-16-18)17-10(3-4-10)11(13,14)15/h1,6,17H,3-5H2. The van der Waals surface area contributed by atoms with Crippen LogP contribution in [-0.4, -0.2) is 21.5 Å². The molecule has 1 N–H and O–H groups in total. The second-order valence-corrected chi connectivity index (χ2v) is 4.65. The van der Waals surface area contributed by atoms with Gasteiger partial charge in [0.15, 0.2) is 0 Å². The maximum atomic E-state index is 12.8. The quantitative estimate of drug-likeness (QED) is 0.867. The fourth-order valence-electron chi connectivity index (χ4n) is 1.62. The lowest BCUT2D eigenvalue weighted by Gasteiger charge is -2.22. The smallest absolute Gasteiger partial charge is 0.366 e. The molecule has 0 unspecified atom stereocenters. The Kier molecular flexibility index (Phi) is 3.22. The number of alkyl halides is 3. The SMILES string of the molecule is C#CCn1ncc(Cl)c(NC2(C(F)(F)F)CC2)c1=O. The number of anilines is 1. The van der Waals surface area contributed by atoms with Gasteiger partial charge in [-0.3, -0.25) is 4.79 Å². The van der Waals surface area contributed by atoms with Gasteiger partial charge in [-0.05, 0) is 12.8 Å². The van der Waals surface area contributed by atoms with Crippen LogP contribution in [0.1, 0.15) is 12.8 Å². The Morgan fingerprint density at radius 2 is 2.21 bits per heavy atom. The van der Waals surface area contributed by atoms with Crippen LogP contribution in [0.25, 0.3) is 0 Å². The molecule has 1 aliphatic carbocycles. The molecule has 8 heteroatoms. The zero-order valence-corrected chi connectivity index (χ0v) is 10.3. The highest BCUT2D eigenvalue weighted by molar-refractivity contribution is 6.33. The lowest BCUT2D eigenvalue weighted by molar-refractivity contribution is -0.151. The Morgan fingerprint density at radius 3 is 2.68 bits per heavy atom. The van der Waals surface area contributed by atoms with Crippen molar-refractivity contribution in [3.8, 4) is 12.3 Å². The number of nitrogens with zero attached hydrogens (tertiary/aromatic N) is 2. The molecule has 19 heavy (non-hydrogen) atoms. The average Bonchev–Trinajstić information content (AvgIpc) is 3.09. The third-order valence-electron chi connectivity index (χ3n) is 2.90. The minimum absolute atomic E-state index is 0.0935. The summed E-state index contributed by atoms with van der Waals surface area (Å²) in [5.74, 6) is 2.19. The van der Waals surface area contributed by atoms with E-state index in [4.69, 9.17) is 18.0 Å². The average molecular weight is 292 g/mol. The number of terminal acetylenes is 1. The molecule has 0 amide bonds. The highest BCUT2D eigenvalue weighted by Crippen LogP contribution is 2.51. The highest BCUT2D eigenvalue weighted by atomic mass is 35.5. The predicted octanol–water partition coefficient (Wildman–Crippen LogP) is 2.04. The molecule has 0 atom stereocenters. The molecular formula is C11H9ClF3N3O. The van der Waals surface area contributed by atoms with Gasteiger partial charge in [-0.15, -0.1) is 6.42 Å². The van der Waals surface area contributed by atoms with Crippen LogP contribution in [0.3, 0.4) is 0 Å². The summed E-state index contributed by atoms with van der Waals surface area (Å²) in [4.78, 5) is 11.9. The topological polar surface area (TPSA) is 46.9 Å². The van der Waals surface area contributed by atoms with Crippen molar-refractivity contribution in [2.75, 3.05) is 5.32 Å². The molecule has 0 aromatic carbocycles. The predicted molar refractivity (Wildman–Crippen MR) is 64.0 cm³/mol. The summed E-state index contributed by atoms with van der Waals surface area (Å²) in [6.45, 7) is -0.135. The minimum Gasteiger partial charge on any atom is -0.366 e. The van der Waals surface area contributed by atoms with Gasteiger partial charge in [-0.1, -0.05) is 17.5 Å². The summed E-state index contributed by atoms with van der Waals surface area (Å²) in [7, 11) is 0. The van der Waals surface area contributed by atoms with E-state index in [0.29, 0.717) is 0 Å². The van der Waals surface area contributed by atoms with Gasteiger partial charge in [0.25, 0.3) is 5.56 Å². The van der Waals surface area contributed by atoms with E-state index in [1.54, 1.807) is 0 Å². The van der Waals surface area contributed by atoms with Gasteiger partial charge in [0.1, 0.15) is 17.8 Å². The van der Waals surface area contributed by atoms with E-state index in [0.717, 1.165) is 10.9 Å². The second-order valence-electron chi connectivity index (χ2n) is 4.24. The first-order valence-electron chi connectivity index (χ1n) is 5.35.